The van der Waals surface area contributed by atoms with Crippen molar-refractivity contribution in [3.63, 3.8) is 0 Å². The molecule has 1 atom stereocenters. The molecule has 142 valence electrons. The molecular formula is C18H30ClN3O3. The second-order valence-electron chi connectivity index (χ2n) is 6.03. The molecule has 0 bridgehead atoms. The summed E-state index contributed by atoms with van der Waals surface area (Å²) < 4.78 is 10.4. The number of ether oxygens (including phenoxy) is 2. The molecule has 0 saturated carbocycles. The lowest BCUT2D eigenvalue weighted by Crippen LogP contribution is -2.41. The number of carbonyl (C=O) groups excluding carboxylic acids is 1. The van der Waals surface area contributed by atoms with E-state index in [0.29, 0.717) is 32.8 Å². The molecule has 1 unspecified atom stereocenters. The van der Waals surface area contributed by atoms with E-state index in [1.54, 1.807) is 13.3 Å². The number of nitrogens with zero attached hydrogens (tertiary/aromatic N) is 2. The molecule has 1 fully saturated rings. The molecule has 7 heteroatoms. The number of nitrogens with one attached hydrogen (secondary N) is 1. The van der Waals surface area contributed by atoms with E-state index in [0.717, 1.165) is 38.0 Å². The average Bonchev–Trinajstić information content (AvgIpc) is 2.89. The van der Waals surface area contributed by atoms with Gasteiger partial charge in [-0.2, -0.15) is 0 Å². The zero-order valence-corrected chi connectivity index (χ0v) is 15.8. The fourth-order valence-electron chi connectivity index (χ4n) is 2.95. The van der Waals surface area contributed by atoms with Crippen LogP contribution in [0.2, 0.25) is 0 Å². The maximum atomic E-state index is 12.8. The predicted octanol–water partition coefficient (Wildman–Crippen LogP) is 2.03. The number of halogens is 1. The number of carbonyl (C=O) groups is 1. The van der Waals surface area contributed by atoms with Crippen LogP contribution in [0, 0.1) is 0 Å². The highest BCUT2D eigenvalue weighted by molar-refractivity contribution is 5.85. The molecule has 0 spiro atoms. The van der Waals surface area contributed by atoms with Crippen LogP contribution >= 0.6 is 12.4 Å². The molecule has 1 amide bonds. The van der Waals surface area contributed by atoms with E-state index in [2.05, 4.69) is 10.3 Å². The van der Waals surface area contributed by atoms with Crippen LogP contribution < -0.4 is 5.32 Å². The van der Waals surface area contributed by atoms with Gasteiger partial charge in [-0.25, -0.2) is 0 Å². The van der Waals surface area contributed by atoms with Crippen LogP contribution in [0.15, 0.2) is 24.4 Å². The van der Waals surface area contributed by atoms with E-state index in [4.69, 9.17) is 9.47 Å². The maximum absolute atomic E-state index is 12.8. The Kier molecular flexibility index (Phi) is 11.4. The van der Waals surface area contributed by atoms with Crippen molar-refractivity contribution in [2.24, 2.45) is 0 Å². The molecule has 1 aromatic rings. The van der Waals surface area contributed by atoms with E-state index < -0.39 is 0 Å². The number of rotatable bonds is 9. The molecule has 6 nitrogen and oxygen atoms in total. The largest absolute Gasteiger partial charge is 0.382 e. The van der Waals surface area contributed by atoms with Crippen molar-refractivity contribution < 1.29 is 14.3 Å². The molecule has 0 aromatic carbocycles. The molecule has 1 aliphatic rings. The quantitative estimate of drug-likeness (QED) is 0.673. The third kappa shape index (κ3) is 8.14. The minimum absolute atomic E-state index is 0. The lowest BCUT2D eigenvalue weighted by atomic mass is 10.1. The fraction of sp³-hybridized carbons (Fsp3) is 0.667. The lowest BCUT2D eigenvalue weighted by Gasteiger charge is -2.31. The Hall–Kier alpha value is -1.21. The minimum Gasteiger partial charge on any atom is -0.382 e. The summed E-state index contributed by atoms with van der Waals surface area (Å²) in [5.41, 5.74) is 0.934. The van der Waals surface area contributed by atoms with Crippen molar-refractivity contribution in [1.29, 1.82) is 0 Å². The molecule has 1 aromatic heterocycles. The second kappa shape index (κ2) is 13.1. The molecule has 0 aliphatic carbocycles. The summed E-state index contributed by atoms with van der Waals surface area (Å²) in [7, 11) is 1.64. The normalized spacial score (nSPS) is 17.4. The zero-order chi connectivity index (χ0) is 17.0. The number of hydrogen-bond acceptors (Lipinski definition) is 5. The van der Waals surface area contributed by atoms with E-state index >= 15 is 0 Å². The Morgan fingerprint density at radius 3 is 2.92 bits per heavy atom. The number of amides is 1. The first-order valence-corrected chi connectivity index (χ1v) is 8.78. The van der Waals surface area contributed by atoms with Gasteiger partial charge in [0.05, 0.1) is 38.5 Å². The van der Waals surface area contributed by atoms with E-state index in [1.165, 1.54) is 0 Å². The van der Waals surface area contributed by atoms with Crippen LogP contribution in [-0.2, 0) is 20.8 Å². The van der Waals surface area contributed by atoms with Gasteiger partial charge in [0.1, 0.15) is 0 Å². The van der Waals surface area contributed by atoms with Crippen molar-refractivity contribution >= 4 is 18.3 Å². The third-order valence-corrected chi connectivity index (χ3v) is 4.26. The van der Waals surface area contributed by atoms with Gasteiger partial charge in [-0.15, -0.1) is 12.4 Å². The number of hydrogen-bond donors (Lipinski definition) is 1. The smallest absolute Gasteiger partial charge is 0.225 e. The molecule has 1 saturated heterocycles. The highest BCUT2D eigenvalue weighted by atomic mass is 35.5. The standard InChI is InChI=1S/C18H29N3O3.ClH/c1-23-13-14-24-12-8-18(22)21(15-16-5-2-3-10-20-16)17-6-4-9-19-11-7-17;/h2-3,5,10,17,19H,4,6-9,11-15H2,1H3;1H. The Labute approximate surface area is 156 Å². The van der Waals surface area contributed by atoms with Gasteiger partial charge in [0.25, 0.3) is 0 Å². The van der Waals surface area contributed by atoms with E-state index in [-0.39, 0.29) is 24.4 Å². The van der Waals surface area contributed by atoms with E-state index in [1.807, 2.05) is 23.1 Å². The van der Waals surface area contributed by atoms with Gasteiger partial charge in [-0.05, 0) is 44.5 Å². The fourth-order valence-corrected chi connectivity index (χ4v) is 2.95. The van der Waals surface area contributed by atoms with Gasteiger partial charge < -0.3 is 19.7 Å². The zero-order valence-electron chi connectivity index (χ0n) is 15.0. The van der Waals surface area contributed by atoms with Crippen LogP contribution in [0.3, 0.4) is 0 Å². The van der Waals surface area contributed by atoms with Gasteiger partial charge in [0.2, 0.25) is 5.91 Å². The van der Waals surface area contributed by atoms with Crippen LogP contribution in [0.5, 0.6) is 0 Å². The Balaban J connectivity index is 0.00000312. The summed E-state index contributed by atoms with van der Waals surface area (Å²) in [4.78, 5) is 19.1. The highest BCUT2D eigenvalue weighted by Gasteiger charge is 2.24. The first-order chi connectivity index (χ1) is 11.8. The third-order valence-electron chi connectivity index (χ3n) is 4.26. The topological polar surface area (TPSA) is 63.7 Å². The van der Waals surface area contributed by atoms with Crippen molar-refractivity contribution in [3.8, 4) is 0 Å². The van der Waals surface area contributed by atoms with Crippen LogP contribution in [0.1, 0.15) is 31.4 Å². The maximum Gasteiger partial charge on any atom is 0.225 e. The number of pyridine rings is 1. The first kappa shape index (κ1) is 21.8. The Bertz CT molecular complexity index is 468. The summed E-state index contributed by atoms with van der Waals surface area (Å²) in [6.07, 6.45) is 5.31. The summed E-state index contributed by atoms with van der Waals surface area (Å²) in [6, 6.07) is 6.11. The summed E-state index contributed by atoms with van der Waals surface area (Å²) in [5, 5.41) is 3.41. The second-order valence-corrected chi connectivity index (χ2v) is 6.03. The van der Waals surface area contributed by atoms with Gasteiger partial charge in [-0.3, -0.25) is 9.78 Å². The molecule has 1 N–H and O–H groups in total. The van der Waals surface area contributed by atoms with E-state index in [9.17, 15) is 4.79 Å². The molecular weight excluding hydrogens is 342 g/mol. The van der Waals surface area contributed by atoms with Crippen LogP contribution in [0.25, 0.3) is 0 Å². The predicted molar refractivity (Wildman–Crippen MR) is 99.9 cm³/mol. The van der Waals surface area contributed by atoms with Gasteiger partial charge >= 0.3 is 0 Å². The van der Waals surface area contributed by atoms with Crippen LogP contribution in [0.4, 0.5) is 0 Å². The number of aromatic nitrogens is 1. The Morgan fingerprint density at radius 1 is 1.28 bits per heavy atom. The molecule has 25 heavy (non-hydrogen) atoms. The number of methoxy groups -OCH3 is 1. The van der Waals surface area contributed by atoms with Gasteiger partial charge in [-0.1, -0.05) is 6.07 Å². The molecule has 2 heterocycles. The molecule has 0 radical (unpaired) electrons. The Morgan fingerprint density at radius 2 is 2.16 bits per heavy atom. The van der Waals surface area contributed by atoms with Gasteiger partial charge in [0.15, 0.2) is 0 Å². The first-order valence-electron chi connectivity index (χ1n) is 8.78. The lowest BCUT2D eigenvalue weighted by molar-refractivity contribution is -0.135. The summed E-state index contributed by atoms with van der Waals surface area (Å²) in [6.45, 7) is 4.08. The summed E-state index contributed by atoms with van der Waals surface area (Å²) in [5.74, 6) is 0.143. The monoisotopic (exact) mass is 371 g/mol. The van der Waals surface area contributed by atoms with Crippen molar-refractivity contribution in [2.45, 2.75) is 38.3 Å². The summed E-state index contributed by atoms with van der Waals surface area (Å²) >= 11 is 0. The average molecular weight is 372 g/mol. The van der Waals surface area contributed by atoms with Crippen molar-refractivity contribution in [2.75, 3.05) is 40.0 Å². The minimum atomic E-state index is 0. The van der Waals surface area contributed by atoms with Crippen LogP contribution in [-0.4, -0.2) is 61.9 Å². The van der Waals surface area contributed by atoms with Crippen molar-refractivity contribution in [3.05, 3.63) is 30.1 Å². The van der Waals surface area contributed by atoms with Gasteiger partial charge in [0, 0.05) is 19.3 Å². The molecule has 1 aliphatic heterocycles. The molecule has 2 rings (SSSR count). The van der Waals surface area contributed by atoms with Crippen molar-refractivity contribution in [1.82, 2.24) is 15.2 Å². The SMILES string of the molecule is COCCOCCC(=O)N(Cc1ccccn1)C1CCCNCC1.Cl. The highest BCUT2D eigenvalue weighted by Crippen LogP contribution is 2.17.